The summed E-state index contributed by atoms with van der Waals surface area (Å²) in [7, 11) is 0. The molecule has 2 heterocycles. The quantitative estimate of drug-likeness (QED) is 0.808. The standard InChI is InChI=1S/C17H22N2O4/c1-2-7-23-14-10-12(11-19-5-8-22-9-6-19)17(21)13-3-4-15(20)18-16(13)14/h2,10,21H,1,3-9,11H2,(H,18,20). The first-order valence-electron chi connectivity index (χ1n) is 7.90. The molecule has 0 aromatic heterocycles. The van der Waals surface area contributed by atoms with E-state index in [9.17, 15) is 9.90 Å². The number of rotatable bonds is 5. The number of fused-ring (bicyclic) bond motifs is 1. The Balaban J connectivity index is 1.92. The Morgan fingerprint density at radius 3 is 2.91 bits per heavy atom. The van der Waals surface area contributed by atoms with Gasteiger partial charge in [-0.3, -0.25) is 9.69 Å². The molecule has 0 saturated carbocycles. The number of aromatic hydroxyl groups is 1. The fraction of sp³-hybridized carbons (Fsp3) is 0.471. The highest BCUT2D eigenvalue weighted by Gasteiger charge is 2.25. The minimum absolute atomic E-state index is 0.0544. The Hall–Kier alpha value is -2.05. The lowest BCUT2D eigenvalue weighted by Crippen LogP contribution is -2.35. The molecular weight excluding hydrogens is 296 g/mol. The number of carbonyl (C=O) groups is 1. The monoisotopic (exact) mass is 318 g/mol. The number of amides is 1. The van der Waals surface area contributed by atoms with Gasteiger partial charge in [0.25, 0.3) is 0 Å². The van der Waals surface area contributed by atoms with Crippen LogP contribution in [0.25, 0.3) is 0 Å². The lowest BCUT2D eigenvalue weighted by molar-refractivity contribution is -0.116. The molecule has 0 unspecified atom stereocenters. The van der Waals surface area contributed by atoms with Crippen LogP contribution >= 0.6 is 0 Å². The maximum atomic E-state index is 11.7. The molecule has 1 aromatic carbocycles. The Labute approximate surface area is 135 Å². The zero-order valence-corrected chi connectivity index (χ0v) is 13.1. The lowest BCUT2D eigenvalue weighted by atomic mass is 9.97. The highest BCUT2D eigenvalue weighted by atomic mass is 16.5. The molecular formula is C17H22N2O4. The number of ether oxygens (including phenoxy) is 2. The van der Waals surface area contributed by atoms with Crippen molar-refractivity contribution in [3.63, 3.8) is 0 Å². The summed E-state index contributed by atoms with van der Waals surface area (Å²) in [6, 6.07) is 1.82. The molecule has 2 aliphatic rings. The summed E-state index contributed by atoms with van der Waals surface area (Å²) in [5, 5.41) is 13.4. The molecule has 124 valence electrons. The first-order valence-corrected chi connectivity index (χ1v) is 7.90. The van der Waals surface area contributed by atoms with E-state index in [4.69, 9.17) is 9.47 Å². The van der Waals surface area contributed by atoms with Gasteiger partial charge in [-0.1, -0.05) is 12.7 Å². The summed E-state index contributed by atoms with van der Waals surface area (Å²) in [4.78, 5) is 13.9. The number of morpholine rings is 1. The third-order valence-corrected chi connectivity index (χ3v) is 4.16. The number of anilines is 1. The minimum atomic E-state index is -0.0544. The van der Waals surface area contributed by atoms with Gasteiger partial charge in [-0.2, -0.15) is 0 Å². The number of benzene rings is 1. The number of nitrogens with one attached hydrogen (secondary N) is 1. The third-order valence-electron chi connectivity index (χ3n) is 4.16. The average molecular weight is 318 g/mol. The second-order valence-electron chi connectivity index (χ2n) is 5.77. The first-order chi connectivity index (χ1) is 11.2. The van der Waals surface area contributed by atoms with Crippen LogP contribution in [0.15, 0.2) is 18.7 Å². The van der Waals surface area contributed by atoms with Gasteiger partial charge >= 0.3 is 0 Å². The van der Waals surface area contributed by atoms with E-state index in [0.717, 1.165) is 24.2 Å². The number of hydrogen-bond acceptors (Lipinski definition) is 5. The van der Waals surface area contributed by atoms with E-state index < -0.39 is 0 Å². The maximum absolute atomic E-state index is 11.7. The van der Waals surface area contributed by atoms with Gasteiger partial charge in [0.2, 0.25) is 5.91 Å². The summed E-state index contributed by atoms with van der Waals surface area (Å²) < 4.78 is 11.1. The molecule has 1 saturated heterocycles. The van der Waals surface area contributed by atoms with Gasteiger partial charge in [-0.25, -0.2) is 0 Å². The molecule has 1 aromatic rings. The number of phenols is 1. The smallest absolute Gasteiger partial charge is 0.224 e. The van der Waals surface area contributed by atoms with Gasteiger partial charge in [0.15, 0.2) is 0 Å². The zero-order chi connectivity index (χ0) is 16.2. The zero-order valence-electron chi connectivity index (χ0n) is 13.1. The molecule has 6 nitrogen and oxygen atoms in total. The highest BCUT2D eigenvalue weighted by Crippen LogP contribution is 2.41. The molecule has 0 spiro atoms. The Kier molecular flexibility index (Phi) is 4.83. The molecule has 1 amide bonds. The van der Waals surface area contributed by atoms with Crippen LogP contribution in [0.1, 0.15) is 17.5 Å². The number of hydrogen-bond donors (Lipinski definition) is 2. The average Bonchev–Trinajstić information content (AvgIpc) is 2.57. The van der Waals surface area contributed by atoms with Crippen LogP contribution in [0.3, 0.4) is 0 Å². The Morgan fingerprint density at radius 2 is 2.17 bits per heavy atom. The molecule has 2 N–H and O–H groups in total. The SMILES string of the molecule is C=CCOc1cc(CN2CCOCC2)c(O)c2c1NC(=O)CC2. The van der Waals surface area contributed by atoms with E-state index in [-0.39, 0.29) is 11.7 Å². The van der Waals surface area contributed by atoms with Crippen molar-refractivity contribution < 1.29 is 19.4 Å². The summed E-state index contributed by atoms with van der Waals surface area (Å²) >= 11 is 0. The van der Waals surface area contributed by atoms with E-state index in [1.807, 2.05) is 6.07 Å². The van der Waals surface area contributed by atoms with Crippen LogP contribution in [-0.4, -0.2) is 48.8 Å². The summed E-state index contributed by atoms with van der Waals surface area (Å²) in [6.07, 6.45) is 2.56. The van der Waals surface area contributed by atoms with Crippen molar-refractivity contribution in [2.24, 2.45) is 0 Å². The van der Waals surface area contributed by atoms with Crippen LogP contribution in [0.2, 0.25) is 0 Å². The van der Waals surface area contributed by atoms with Crippen molar-refractivity contribution in [2.45, 2.75) is 19.4 Å². The maximum Gasteiger partial charge on any atom is 0.224 e. The molecule has 0 atom stereocenters. The van der Waals surface area contributed by atoms with Gasteiger partial charge < -0.3 is 19.9 Å². The van der Waals surface area contributed by atoms with Crippen molar-refractivity contribution in [2.75, 3.05) is 38.2 Å². The second kappa shape index (κ2) is 7.02. The van der Waals surface area contributed by atoms with Gasteiger partial charge in [0.05, 0.1) is 18.9 Å². The molecule has 0 bridgehead atoms. The summed E-state index contributed by atoms with van der Waals surface area (Å²) in [6.45, 7) is 7.75. The van der Waals surface area contributed by atoms with Crippen molar-refractivity contribution in [1.29, 1.82) is 0 Å². The topological polar surface area (TPSA) is 71.0 Å². The van der Waals surface area contributed by atoms with Gasteiger partial charge in [0, 0.05) is 37.2 Å². The number of phenolic OH excluding ortho intramolecular Hbond substituents is 1. The van der Waals surface area contributed by atoms with Crippen LogP contribution in [0.4, 0.5) is 5.69 Å². The third kappa shape index (κ3) is 3.48. The second-order valence-corrected chi connectivity index (χ2v) is 5.77. The Bertz CT molecular complexity index is 609. The molecule has 23 heavy (non-hydrogen) atoms. The van der Waals surface area contributed by atoms with Crippen molar-refractivity contribution in [1.82, 2.24) is 4.90 Å². The van der Waals surface area contributed by atoms with E-state index in [1.165, 1.54) is 0 Å². The van der Waals surface area contributed by atoms with E-state index in [2.05, 4.69) is 16.8 Å². The van der Waals surface area contributed by atoms with Crippen LogP contribution in [0, 0.1) is 0 Å². The fourth-order valence-corrected chi connectivity index (χ4v) is 2.96. The van der Waals surface area contributed by atoms with Crippen molar-refractivity contribution in [3.8, 4) is 11.5 Å². The van der Waals surface area contributed by atoms with Crippen LogP contribution in [0.5, 0.6) is 11.5 Å². The number of carbonyl (C=O) groups excluding carboxylic acids is 1. The summed E-state index contributed by atoms with van der Waals surface area (Å²) in [5.74, 6) is 0.799. The molecule has 2 aliphatic heterocycles. The van der Waals surface area contributed by atoms with Gasteiger partial charge in [0.1, 0.15) is 18.1 Å². The van der Waals surface area contributed by atoms with E-state index in [1.54, 1.807) is 6.08 Å². The predicted octanol–water partition coefficient (Wildman–Crippen LogP) is 1.67. The van der Waals surface area contributed by atoms with Crippen molar-refractivity contribution >= 4 is 11.6 Å². The first kappa shape index (κ1) is 15.8. The normalized spacial score (nSPS) is 18.2. The van der Waals surface area contributed by atoms with Gasteiger partial charge in [-0.15, -0.1) is 0 Å². The largest absolute Gasteiger partial charge is 0.507 e. The van der Waals surface area contributed by atoms with Crippen molar-refractivity contribution in [3.05, 3.63) is 29.8 Å². The molecule has 3 rings (SSSR count). The van der Waals surface area contributed by atoms with E-state index in [0.29, 0.717) is 50.6 Å². The van der Waals surface area contributed by atoms with Gasteiger partial charge in [-0.05, 0) is 12.5 Å². The predicted molar refractivity (Wildman–Crippen MR) is 86.8 cm³/mol. The minimum Gasteiger partial charge on any atom is -0.507 e. The Morgan fingerprint density at radius 1 is 1.39 bits per heavy atom. The molecule has 6 heteroatoms. The molecule has 0 radical (unpaired) electrons. The highest BCUT2D eigenvalue weighted by molar-refractivity contribution is 5.96. The fourth-order valence-electron chi connectivity index (χ4n) is 2.96. The van der Waals surface area contributed by atoms with Crippen LogP contribution < -0.4 is 10.1 Å². The van der Waals surface area contributed by atoms with Crippen LogP contribution in [-0.2, 0) is 22.5 Å². The number of nitrogens with zero attached hydrogens (tertiary/aromatic N) is 1. The lowest BCUT2D eigenvalue weighted by Gasteiger charge is -2.28. The molecule has 1 fully saturated rings. The molecule has 0 aliphatic carbocycles. The van der Waals surface area contributed by atoms with E-state index >= 15 is 0 Å². The summed E-state index contributed by atoms with van der Waals surface area (Å²) in [5.41, 5.74) is 2.17.